The number of piperidine rings is 2. The van der Waals surface area contributed by atoms with E-state index in [0.717, 1.165) is 98.6 Å². The highest BCUT2D eigenvalue weighted by molar-refractivity contribution is 6.05. The van der Waals surface area contributed by atoms with Crippen molar-refractivity contribution in [1.82, 2.24) is 9.88 Å². The summed E-state index contributed by atoms with van der Waals surface area (Å²) in [4.78, 5) is 14.3. The van der Waals surface area contributed by atoms with E-state index in [1.54, 1.807) is 0 Å². The third-order valence-electron chi connectivity index (χ3n) is 11.2. The van der Waals surface area contributed by atoms with Crippen molar-refractivity contribution < 1.29 is 0 Å². The number of aromatic nitrogens is 1. The highest BCUT2D eigenvalue weighted by atomic mass is 15.2. The topological polar surface area (TPSA) is 69.8 Å². The minimum atomic E-state index is 0.416. The van der Waals surface area contributed by atoms with Gasteiger partial charge in [-0.1, -0.05) is 82.0 Å². The van der Waals surface area contributed by atoms with Gasteiger partial charge in [-0.05, 0) is 117 Å². The Morgan fingerprint density at radius 1 is 1.06 bits per heavy atom. The number of nitrogens with zero attached hydrogens (tertiary/aromatic N) is 4. The summed E-state index contributed by atoms with van der Waals surface area (Å²) in [6, 6.07) is 15.8. The van der Waals surface area contributed by atoms with Crippen LogP contribution in [0.1, 0.15) is 98.7 Å². The van der Waals surface area contributed by atoms with Crippen LogP contribution in [0.4, 0.5) is 17.1 Å². The molecule has 0 saturated carbocycles. The van der Waals surface area contributed by atoms with Crippen LogP contribution in [-0.4, -0.2) is 41.8 Å². The second kappa shape index (κ2) is 18.3. The van der Waals surface area contributed by atoms with Gasteiger partial charge in [0.05, 0.1) is 35.5 Å². The van der Waals surface area contributed by atoms with Gasteiger partial charge in [-0.15, -0.1) is 6.58 Å². The van der Waals surface area contributed by atoms with Crippen molar-refractivity contribution >= 4 is 28.3 Å². The van der Waals surface area contributed by atoms with E-state index in [9.17, 15) is 0 Å². The lowest BCUT2D eigenvalue weighted by atomic mass is 9.83. The summed E-state index contributed by atoms with van der Waals surface area (Å²) < 4.78 is 0. The van der Waals surface area contributed by atoms with Crippen molar-refractivity contribution in [2.75, 3.05) is 42.1 Å². The summed E-state index contributed by atoms with van der Waals surface area (Å²) in [5.74, 6) is 1.63. The molecule has 0 bridgehead atoms. The molecular formula is C47H62N6. The number of nitrogen functional groups attached to an aromatic ring is 1. The summed E-state index contributed by atoms with van der Waals surface area (Å²) in [5.41, 5.74) is 21.4. The molecule has 6 nitrogen and oxygen atoms in total. The van der Waals surface area contributed by atoms with E-state index in [4.69, 9.17) is 10.7 Å². The molecule has 1 aromatic heterocycles. The largest absolute Gasteiger partial charge is 0.397 e. The lowest BCUT2D eigenvalue weighted by Crippen LogP contribution is -2.38. The quantitative estimate of drug-likeness (QED) is 0.163. The minimum absolute atomic E-state index is 0.416. The first-order valence-corrected chi connectivity index (χ1v) is 19.7. The normalized spacial score (nSPS) is 17.7. The van der Waals surface area contributed by atoms with Gasteiger partial charge >= 0.3 is 0 Å². The number of likely N-dealkylation sites (tertiary alicyclic amines) is 1. The highest BCUT2D eigenvalue weighted by Crippen LogP contribution is 2.36. The molecule has 2 fully saturated rings. The number of hydrogen-bond acceptors (Lipinski definition) is 6. The molecule has 280 valence electrons. The minimum Gasteiger partial charge on any atom is -0.397 e. The van der Waals surface area contributed by atoms with Gasteiger partial charge in [0.1, 0.15) is 5.82 Å². The van der Waals surface area contributed by atoms with E-state index in [1.165, 1.54) is 39.1 Å². The highest BCUT2D eigenvalue weighted by Gasteiger charge is 2.24. The molecule has 0 aliphatic carbocycles. The number of hydrogen-bond donors (Lipinski definition) is 2. The van der Waals surface area contributed by atoms with E-state index in [0.29, 0.717) is 24.2 Å². The standard InChI is InChI=1S/C47H62N6/c1-10-14-38(12-3)44(15-11-2)43-21-18-41(28-32(43)5)40-23-25-52(26-24-40)33(6)29-37-16-19-42(20-17-37)50-36(9)51-45-31-53(27-22-39(45)13-4)46-30-49-35(8)47(48)34(46)7/h12-13,15-21,28,30,38,40,50H,3,6,9-11,14,22-27,29,31,48H2,1-2,4-5,7-8H3/b39-13-,44-15-,51-45-. The lowest BCUT2D eigenvalue weighted by Gasteiger charge is -2.35. The first-order valence-electron chi connectivity index (χ1n) is 19.7. The second-order valence-corrected chi connectivity index (χ2v) is 14.9. The van der Waals surface area contributed by atoms with Gasteiger partial charge in [-0.25, -0.2) is 4.99 Å². The van der Waals surface area contributed by atoms with Crippen molar-refractivity contribution in [2.45, 2.75) is 92.4 Å². The van der Waals surface area contributed by atoms with Crippen molar-refractivity contribution in [2.24, 2.45) is 10.9 Å². The average Bonchev–Trinajstić information content (AvgIpc) is 3.16. The molecule has 2 saturated heterocycles. The third-order valence-corrected chi connectivity index (χ3v) is 11.2. The number of aliphatic imine (C=N–C) groups is 1. The molecule has 1 atom stereocenters. The Morgan fingerprint density at radius 2 is 1.79 bits per heavy atom. The summed E-state index contributed by atoms with van der Waals surface area (Å²) in [7, 11) is 0. The Kier molecular flexibility index (Phi) is 13.6. The molecule has 3 aromatic rings. The summed E-state index contributed by atoms with van der Waals surface area (Å²) in [5, 5.41) is 3.41. The van der Waals surface area contributed by atoms with Crippen LogP contribution in [0.2, 0.25) is 0 Å². The number of rotatable bonds is 14. The zero-order valence-corrected chi connectivity index (χ0v) is 33.3. The molecule has 5 rings (SSSR count). The molecule has 3 N–H and O–H groups in total. The first kappa shape index (κ1) is 39.4. The monoisotopic (exact) mass is 711 g/mol. The molecule has 2 aliphatic heterocycles. The Labute approximate surface area is 320 Å². The Bertz CT molecular complexity index is 1870. The van der Waals surface area contributed by atoms with Crippen LogP contribution in [0.15, 0.2) is 109 Å². The molecule has 3 heterocycles. The molecule has 0 radical (unpaired) electrons. The maximum Gasteiger partial charge on any atom is 0.123 e. The molecule has 1 unspecified atom stereocenters. The molecule has 6 heteroatoms. The van der Waals surface area contributed by atoms with E-state index in [2.05, 4.69) is 135 Å². The molecule has 0 spiro atoms. The van der Waals surface area contributed by atoms with Crippen LogP contribution in [-0.2, 0) is 6.42 Å². The van der Waals surface area contributed by atoms with E-state index in [-0.39, 0.29) is 0 Å². The van der Waals surface area contributed by atoms with Gasteiger partial charge in [-0.2, -0.15) is 0 Å². The van der Waals surface area contributed by atoms with Gasteiger partial charge in [-0.3, -0.25) is 4.98 Å². The average molecular weight is 711 g/mol. The number of anilines is 3. The molecule has 0 amide bonds. The number of nitrogens with one attached hydrogen (secondary N) is 1. The molecule has 53 heavy (non-hydrogen) atoms. The fourth-order valence-electron chi connectivity index (χ4n) is 8.03. The first-order chi connectivity index (χ1) is 25.6. The van der Waals surface area contributed by atoms with E-state index >= 15 is 0 Å². The lowest BCUT2D eigenvalue weighted by molar-refractivity contribution is 0.259. The molecular weight excluding hydrogens is 649 g/mol. The van der Waals surface area contributed by atoms with E-state index < -0.39 is 0 Å². The predicted molar refractivity (Wildman–Crippen MR) is 230 cm³/mol. The SMILES string of the molecule is C=CC(CCC)/C(=C/CC)c1ccc(C2CCN(C(=C)Cc3ccc(NC(=C)/N=C4/CN(c5cnc(C)c(N)c5C)CC/C4=C/C)cc3)CC2)cc1C. The Hall–Kier alpha value is -4.84. The Balaban J connectivity index is 1.14. The third kappa shape index (κ3) is 9.59. The van der Waals surface area contributed by atoms with Gasteiger partial charge in [0.15, 0.2) is 0 Å². The van der Waals surface area contributed by atoms with Crippen LogP contribution in [0.5, 0.6) is 0 Å². The second-order valence-electron chi connectivity index (χ2n) is 14.9. The number of benzene rings is 2. The zero-order valence-electron chi connectivity index (χ0n) is 33.3. The molecule has 2 aromatic carbocycles. The van der Waals surface area contributed by atoms with Crippen molar-refractivity contribution in [3.63, 3.8) is 0 Å². The van der Waals surface area contributed by atoms with Crippen LogP contribution in [0.3, 0.4) is 0 Å². The van der Waals surface area contributed by atoms with Gasteiger partial charge < -0.3 is 20.9 Å². The number of pyridine rings is 1. The van der Waals surface area contributed by atoms with Crippen molar-refractivity contribution in [1.29, 1.82) is 0 Å². The van der Waals surface area contributed by atoms with Gasteiger partial charge in [0.2, 0.25) is 0 Å². The zero-order chi connectivity index (χ0) is 38.1. The summed E-state index contributed by atoms with van der Waals surface area (Å²) >= 11 is 0. The fraction of sp³-hybridized carbons (Fsp3) is 0.404. The van der Waals surface area contributed by atoms with Crippen LogP contribution >= 0.6 is 0 Å². The summed E-state index contributed by atoms with van der Waals surface area (Å²) in [6.07, 6.45) is 16.0. The van der Waals surface area contributed by atoms with Crippen molar-refractivity contribution in [3.8, 4) is 0 Å². The van der Waals surface area contributed by atoms with E-state index in [1.807, 2.05) is 13.1 Å². The van der Waals surface area contributed by atoms with Crippen LogP contribution < -0.4 is 16.0 Å². The number of nitrogens with two attached hydrogens (primary N) is 1. The van der Waals surface area contributed by atoms with Crippen molar-refractivity contribution in [3.05, 3.63) is 137 Å². The number of allylic oxidation sites excluding steroid dienone is 5. The Morgan fingerprint density at radius 3 is 2.43 bits per heavy atom. The number of aryl methyl sites for hydroxylation is 2. The summed E-state index contributed by atoms with van der Waals surface area (Å²) in [6.45, 7) is 29.4. The van der Waals surface area contributed by atoms with Crippen LogP contribution in [0.25, 0.3) is 5.57 Å². The fourth-order valence-corrected chi connectivity index (χ4v) is 8.03. The van der Waals surface area contributed by atoms with Gasteiger partial charge in [0, 0.05) is 43.4 Å². The maximum absolute atomic E-state index is 6.32. The predicted octanol–water partition coefficient (Wildman–Crippen LogP) is 11.1. The van der Waals surface area contributed by atoms with Crippen LogP contribution in [0, 0.1) is 26.7 Å². The maximum atomic E-state index is 6.32. The van der Waals surface area contributed by atoms with Gasteiger partial charge in [0.25, 0.3) is 0 Å². The molecule has 2 aliphatic rings. The smallest absolute Gasteiger partial charge is 0.123 e.